The molecular formula is C13H25N. The lowest BCUT2D eigenvalue weighted by molar-refractivity contribution is 0.0973. The first-order valence-corrected chi connectivity index (χ1v) is 6.49. The van der Waals surface area contributed by atoms with Crippen LogP contribution in [0.25, 0.3) is 0 Å². The predicted octanol–water partition coefficient (Wildman–Crippen LogP) is 3.35. The van der Waals surface area contributed by atoms with Crippen LogP contribution in [0, 0.1) is 11.3 Å². The molecule has 1 nitrogen and oxygen atoms in total. The van der Waals surface area contributed by atoms with E-state index in [1.54, 1.807) is 12.8 Å². The summed E-state index contributed by atoms with van der Waals surface area (Å²) in [6, 6.07) is 0. The van der Waals surface area contributed by atoms with Crippen LogP contribution in [0.15, 0.2) is 0 Å². The summed E-state index contributed by atoms with van der Waals surface area (Å²) < 4.78 is 0. The van der Waals surface area contributed by atoms with Crippen LogP contribution in [-0.4, -0.2) is 13.6 Å². The average Bonchev–Trinajstić information content (AvgIpc) is 2.24. The molecule has 0 aliphatic heterocycles. The summed E-state index contributed by atoms with van der Waals surface area (Å²) in [4.78, 5) is 0. The summed E-state index contributed by atoms with van der Waals surface area (Å²) in [6.07, 6.45) is 13.6. The summed E-state index contributed by atoms with van der Waals surface area (Å²) >= 11 is 0. The molecule has 0 unspecified atom stereocenters. The highest BCUT2D eigenvalue weighted by Gasteiger charge is 2.35. The molecule has 2 aliphatic rings. The molecule has 1 heteroatoms. The fraction of sp³-hybridized carbons (Fsp3) is 1.00. The van der Waals surface area contributed by atoms with Gasteiger partial charge in [-0.05, 0) is 63.5 Å². The number of rotatable bonds is 2. The van der Waals surface area contributed by atoms with Gasteiger partial charge >= 0.3 is 0 Å². The lowest BCUT2D eigenvalue weighted by atomic mass is 9.63. The Morgan fingerprint density at radius 2 is 1.64 bits per heavy atom. The third-order valence-corrected chi connectivity index (χ3v) is 4.57. The molecule has 0 bridgehead atoms. The van der Waals surface area contributed by atoms with Gasteiger partial charge in [-0.1, -0.05) is 19.3 Å². The number of hydrogen-bond acceptors (Lipinski definition) is 1. The van der Waals surface area contributed by atoms with Crippen molar-refractivity contribution < 1.29 is 0 Å². The Morgan fingerprint density at radius 1 is 1.00 bits per heavy atom. The fourth-order valence-electron chi connectivity index (χ4n) is 3.58. The lowest BCUT2D eigenvalue weighted by Gasteiger charge is -2.43. The summed E-state index contributed by atoms with van der Waals surface area (Å²) in [5, 5.41) is 3.33. The van der Waals surface area contributed by atoms with Crippen molar-refractivity contribution >= 4 is 0 Å². The van der Waals surface area contributed by atoms with Gasteiger partial charge in [0.25, 0.3) is 0 Å². The van der Waals surface area contributed by atoms with Crippen molar-refractivity contribution in [1.82, 2.24) is 5.32 Å². The summed E-state index contributed by atoms with van der Waals surface area (Å²) in [7, 11) is 2.09. The first-order chi connectivity index (χ1) is 6.85. The molecule has 0 aromatic heterocycles. The molecule has 0 saturated heterocycles. The second-order valence-corrected chi connectivity index (χ2v) is 5.56. The molecule has 2 fully saturated rings. The van der Waals surface area contributed by atoms with Crippen molar-refractivity contribution in [2.45, 2.75) is 57.8 Å². The van der Waals surface area contributed by atoms with E-state index in [9.17, 15) is 0 Å². The van der Waals surface area contributed by atoms with Crippen molar-refractivity contribution in [2.75, 3.05) is 13.6 Å². The van der Waals surface area contributed by atoms with Crippen LogP contribution in [0.4, 0.5) is 0 Å². The minimum atomic E-state index is 0.808. The van der Waals surface area contributed by atoms with Gasteiger partial charge in [-0.15, -0.1) is 0 Å². The van der Waals surface area contributed by atoms with Gasteiger partial charge in [0.05, 0.1) is 0 Å². The number of hydrogen-bond donors (Lipinski definition) is 1. The van der Waals surface area contributed by atoms with E-state index in [0.717, 1.165) is 11.3 Å². The van der Waals surface area contributed by atoms with Gasteiger partial charge in [0.1, 0.15) is 0 Å². The summed E-state index contributed by atoms with van der Waals surface area (Å²) in [6.45, 7) is 1.25. The van der Waals surface area contributed by atoms with Gasteiger partial charge in [-0.2, -0.15) is 0 Å². The van der Waals surface area contributed by atoms with Crippen LogP contribution in [0.1, 0.15) is 57.8 Å². The zero-order valence-electron chi connectivity index (χ0n) is 9.65. The molecule has 0 amide bonds. The molecule has 2 rings (SSSR count). The molecule has 0 radical (unpaired) electrons. The van der Waals surface area contributed by atoms with Crippen molar-refractivity contribution in [3.63, 3.8) is 0 Å². The highest BCUT2D eigenvalue weighted by molar-refractivity contribution is 4.88. The quantitative estimate of drug-likeness (QED) is 0.712. The fourth-order valence-corrected chi connectivity index (χ4v) is 3.58. The third kappa shape index (κ3) is 2.31. The maximum atomic E-state index is 3.33. The minimum absolute atomic E-state index is 0.808. The zero-order valence-corrected chi connectivity index (χ0v) is 9.65. The van der Waals surface area contributed by atoms with E-state index in [4.69, 9.17) is 0 Å². The molecule has 2 aliphatic carbocycles. The highest BCUT2D eigenvalue weighted by atomic mass is 14.8. The normalized spacial score (nSPS) is 28.1. The predicted molar refractivity (Wildman–Crippen MR) is 61.4 cm³/mol. The van der Waals surface area contributed by atoms with Gasteiger partial charge in [-0.3, -0.25) is 0 Å². The molecule has 0 heterocycles. The van der Waals surface area contributed by atoms with Gasteiger partial charge in [0.15, 0.2) is 0 Å². The lowest BCUT2D eigenvalue weighted by Crippen LogP contribution is -2.32. The smallest absolute Gasteiger partial charge is 0.00235 e. The van der Waals surface area contributed by atoms with E-state index in [0.29, 0.717) is 0 Å². The van der Waals surface area contributed by atoms with Crippen LogP contribution < -0.4 is 5.32 Å². The molecular weight excluding hydrogens is 170 g/mol. The van der Waals surface area contributed by atoms with Crippen LogP contribution in [0.5, 0.6) is 0 Å². The Hall–Kier alpha value is -0.0400. The van der Waals surface area contributed by atoms with Crippen LogP contribution in [0.3, 0.4) is 0 Å². The Kier molecular flexibility index (Phi) is 3.48. The largest absolute Gasteiger partial charge is 0.319 e. The molecule has 0 aromatic carbocycles. The molecule has 2 saturated carbocycles. The maximum absolute atomic E-state index is 3.33. The third-order valence-electron chi connectivity index (χ3n) is 4.57. The van der Waals surface area contributed by atoms with Crippen molar-refractivity contribution in [2.24, 2.45) is 11.3 Å². The van der Waals surface area contributed by atoms with Crippen molar-refractivity contribution in [3.05, 3.63) is 0 Å². The second kappa shape index (κ2) is 4.65. The van der Waals surface area contributed by atoms with Crippen LogP contribution in [-0.2, 0) is 0 Å². The Bertz CT molecular complexity index is 160. The van der Waals surface area contributed by atoms with E-state index in [1.165, 1.54) is 51.5 Å². The molecule has 0 atom stereocenters. The topological polar surface area (TPSA) is 12.0 Å². The van der Waals surface area contributed by atoms with Crippen molar-refractivity contribution in [3.8, 4) is 0 Å². The van der Waals surface area contributed by atoms with E-state index in [2.05, 4.69) is 12.4 Å². The Labute approximate surface area is 88.7 Å². The summed E-state index contributed by atoms with van der Waals surface area (Å²) in [5.74, 6) is 0.979. The first-order valence-electron chi connectivity index (χ1n) is 6.49. The van der Waals surface area contributed by atoms with E-state index < -0.39 is 0 Å². The highest BCUT2D eigenvalue weighted by Crippen LogP contribution is 2.48. The van der Waals surface area contributed by atoms with E-state index in [-0.39, 0.29) is 0 Å². The average molecular weight is 195 g/mol. The molecule has 82 valence electrons. The second-order valence-electron chi connectivity index (χ2n) is 5.56. The van der Waals surface area contributed by atoms with Crippen LogP contribution in [0.2, 0.25) is 0 Å². The van der Waals surface area contributed by atoms with Gasteiger partial charge in [-0.25, -0.2) is 0 Å². The monoisotopic (exact) mass is 195 g/mol. The van der Waals surface area contributed by atoms with Crippen molar-refractivity contribution in [1.29, 1.82) is 0 Å². The van der Waals surface area contributed by atoms with E-state index >= 15 is 0 Å². The molecule has 0 aromatic rings. The van der Waals surface area contributed by atoms with Gasteiger partial charge < -0.3 is 5.32 Å². The van der Waals surface area contributed by atoms with Gasteiger partial charge in [0.2, 0.25) is 0 Å². The Morgan fingerprint density at radius 3 is 2.21 bits per heavy atom. The molecule has 1 N–H and O–H groups in total. The number of nitrogens with one attached hydrogen (secondary N) is 1. The summed E-state index contributed by atoms with van der Waals surface area (Å²) in [5.41, 5.74) is 0.808. The SMILES string of the molecule is CNCC1CCC2(CCCCC2)CC1. The molecule has 1 spiro atoms. The minimum Gasteiger partial charge on any atom is -0.319 e. The van der Waals surface area contributed by atoms with Crippen LogP contribution >= 0.6 is 0 Å². The maximum Gasteiger partial charge on any atom is -0.00235 e. The standard InChI is InChI=1S/C13H25N/c1-14-11-12-5-9-13(10-6-12)7-3-2-4-8-13/h12,14H,2-11H2,1H3. The van der Waals surface area contributed by atoms with Gasteiger partial charge in [0, 0.05) is 0 Å². The molecule has 14 heavy (non-hydrogen) atoms. The van der Waals surface area contributed by atoms with E-state index in [1.807, 2.05) is 0 Å². The first kappa shape index (κ1) is 10.5. The zero-order chi connectivity index (χ0) is 9.86. The Balaban J connectivity index is 1.81.